The molecule has 2 rings (SSSR count). The van der Waals surface area contributed by atoms with E-state index in [-0.39, 0.29) is 18.7 Å². The SMILES string of the molecule is COC(=O)C(C)(C)Cc1ccc(N(C)CC2CB(C#N)CCN2C=O)cc1. The van der Waals surface area contributed by atoms with Gasteiger partial charge in [0.25, 0.3) is 6.71 Å². The molecule has 0 spiro atoms. The molecule has 1 saturated heterocycles. The molecule has 1 heterocycles. The van der Waals surface area contributed by atoms with Gasteiger partial charge in [0, 0.05) is 37.8 Å². The lowest BCUT2D eigenvalue weighted by Gasteiger charge is -2.37. The van der Waals surface area contributed by atoms with Crippen molar-refractivity contribution in [3.63, 3.8) is 0 Å². The highest BCUT2D eigenvalue weighted by Gasteiger charge is 2.31. The van der Waals surface area contributed by atoms with E-state index in [0.29, 0.717) is 25.8 Å². The number of methoxy groups -OCH3 is 1. The molecule has 1 unspecified atom stereocenters. The highest BCUT2D eigenvalue weighted by atomic mass is 16.5. The van der Waals surface area contributed by atoms with E-state index < -0.39 is 5.41 Å². The standard InChI is InChI=1S/C20H28BN3O3/c1-20(2,19(26)27-4)11-16-5-7-17(8-6-16)23(3)13-18-12-21(14-22)9-10-24(18)15-25/h5-8,15,18H,9-13H2,1-4H3. The topological polar surface area (TPSA) is 73.6 Å². The minimum Gasteiger partial charge on any atom is -0.469 e. The van der Waals surface area contributed by atoms with Crippen molar-refractivity contribution >= 4 is 24.8 Å². The van der Waals surface area contributed by atoms with Crippen molar-refractivity contribution in [2.45, 2.75) is 39.0 Å². The lowest BCUT2D eigenvalue weighted by Crippen LogP contribution is -2.49. The van der Waals surface area contributed by atoms with Gasteiger partial charge in [-0.15, -0.1) is 0 Å². The van der Waals surface area contributed by atoms with E-state index in [4.69, 9.17) is 4.74 Å². The van der Waals surface area contributed by atoms with Crippen molar-refractivity contribution in [3.05, 3.63) is 29.8 Å². The number of nitriles is 1. The zero-order chi connectivity index (χ0) is 20.0. The van der Waals surface area contributed by atoms with Crippen molar-refractivity contribution in [2.75, 3.05) is 32.1 Å². The van der Waals surface area contributed by atoms with Gasteiger partial charge in [-0.05, 0) is 50.6 Å². The van der Waals surface area contributed by atoms with Gasteiger partial charge >= 0.3 is 5.97 Å². The molecule has 1 fully saturated rings. The molecule has 1 aliphatic rings. The third kappa shape index (κ3) is 5.25. The molecule has 0 aliphatic carbocycles. The average molecular weight is 369 g/mol. The fourth-order valence-corrected chi connectivity index (χ4v) is 3.65. The Bertz CT molecular complexity index is 699. The second kappa shape index (κ2) is 8.94. The van der Waals surface area contributed by atoms with Gasteiger partial charge in [-0.2, -0.15) is 0 Å². The van der Waals surface area contributed by atoms with Crippen molar-refractivity contribution in [1.82, 2.24) is 4.90 Å². The van der Waals surface area contributed by atoms with Crippen molar-refractivity contribution in [3.8, 4) is 5.97 Å². The Kier molecular flexibility index (Phi) is 6.89. The molecule has 1 aliphatic heterocycles. The van der Waals surface area contributed by atoms with E-state index in [0.717, 1.165) is 24.0 Å². The maximum absolute atomic E-state index is 11.9. The first-order valence-corrected chi connectivity index (χ1v) is 9.30. The number of benzene rings is 1. The molecular formula is C20H28BN3O3. The van der Waals surface area contributed by atoms with Crippen LogP contribution in [0.3, 0.4) is 0 Å². The van der Waals surface area contributed by atoms with E-state index in [9.17, 15) is 14.9 Å². The summed E-state index contributed by atoms with van der Waals surface area (Å²) in [6.45, 7) is 5.09. The number of hydrogen-bond acceptors (Lipinski definition) is 5. The number of amides is 1. The lowest BCUT2D eigenvalue weighted by molar-refractivity contribution is -0.150. The van der Waals surface area contributed by atoms with Crippen LogP contribution in [0.5, 0.6) is 0 Å². The van der Waals surface area contributed by atoms with Crippen LogP contribution in [0.1, 0.15) is 19.4 Å². The zero-order valence-corrected chi connectivity index (χ0v) is 16.6. The summed E-state index contributed by atoms with van der Waals surface area (Å²) < 4.78 is 4.87. The van der Waals surface area contributed by atoms with Crippen molar-refractivity contribution < 1.29 is 14.3 Å². The third-order valence-electron chi connectivity index (χ3n) is 5.33. The first kappa shape index (κ1) is 20.8. The number of carbonyl (C=O) groups is 2. The van der Waals surface area contributed by atoms with Crippen LogP contribution in [0.4, 0.5) is 5.69 Å². The summed E-state index contributed by atoms with van der Waals surface area (Å²) in [5.74, 6) is 2.12. The van der Waals surface area contributed by atoms with Gasteiger partial charge in [-0.3, -0.25) is 9.59 Å². The predicted octanol–water partition coefficient (Wildman–Crippen LogP) is 2.26. The molecule has 7 heteroatoms. The minimum atomic E-state index is -0.568. The van der Waals surface area contributed by atoms with Gasteiger partial charge in [0.1, 0.15) is 0 Å². The molecule has 0 saturated carbocycles. The Morgan fingerprint density at radius 1 is 1.44 bits per heavy atom. The van der Waals surface area contributed by atoms with Gasteiger partial charge in [-0.1, -0.05) is 12.1 Å². The smallest absolute Gasteiger partial charge is 0.311 e. The van der Waals surface area contributed by atoms with Gasteiger partial charge < -0.3 is 14.5 Å². The number of hydrogen-bond donors (Lipinski definition) is 0. The van der Waals surface area contributed by atoms with Crippen LogP contribution >= 0.6 is 0 Å². The summed E-state index contributed by atoms with van der Waals surface area (Å²) in [5.41, 5.74) is 1.54. The molecule has 27 heavy (non-hydrogen) atoms. The highest BCUT2D eigenvalue weighted by Crippen LogP contribution is 2.25. The van der Waals surface area contributed by atoms with Gasteiger partial charge in [0.15, 0.2) is 0 Å². The highest BCUT2D eigenvalue weighted by molar-refractivity contribution is 6.67. The fourth-order valence-electron chi connectivity index (χ4n) is 3.65. The summed E-state index contributed by atoms with van der Waals surface area (Å²) >= 11 is 0. The quantitative estimate of drug-likeness (QED) is 0.419. The van der Waals surface area contributed by atoms with E-state index >= 15 is 0 Å². The lowest BCUT2D eigenvalue weighted by atomic mass is 9.43. The molecule has 0 aromatic heterocycles. The Morgan fingerprint density at radius 2 is 2.11 bits per heavy atom. The normalized spacial score (nSPS) is 17.2. The molecular weight excluding hydrogens is 341 g/mol. The minimum absolute atomic E-state index is 0.0162. The number of esters is 1. The largest absolute Gasteiger partial charge is 0.469 e. The van der Waals surface area contributed by atoms with Crippen LogP contribution in [0.15, 0.2) is 24.3 Å². The fraction of sp³-hybridized carbons (Fsp3) is 0.550. The molecule has 1 aromatic carbocycles. The summed E-state index contributed by atoms with van der Waals surface area (Å²) in [5, 5.41) is 9.20. The number of nitrogens with zero attached hydrogens (tertiary/aromatic N) is 3. The monoisotopic (exact) mass is 369 g/mol. The van der Waals surface area contributed by atoms with Gasteiger partial charge in [0.05, 0.1) is 12.5 Å². The van der Waals surface area contributed by atoms with Crippen LogP contribution in [-0.2, 0) is 20.7 Å². The maximum Gasteiger partial charge on any atom is 0.311 e. The average Bonchev–Trinajstić information content (AvgIpc) is 2.67. The van der Waals surface area contributed by atoms with Crippen LogP contribution in [0.25, 0.3) is 0 Å². The first-order valence-electron chi connectivity index (χ1n) is 9.30. The number of ether oxygens (including phenoxy) is 1. The third-order valence-corrected chi connectivity index (χ3v) is 5.33. The van der Waals surface area contributed by atoms with E-state index in [1.807, 2.05) is 45.2 Å². The number of carbonyl (C=O) groups excluding carboxylic acids is 2. The molecule has 1 atom stereocenters. The predicted molar refractivity (Wildman–Crippen MR) is 107 cm³/mol. The first-order chi connectivity index (χ1) is 12.8. The number of likely N-dealkylation sites (N-methyl/N-ethyl adjacent to an activating group) is 1. The second-order valence-electron chi connectivity index (χ2n) is 7.95. The summed E-state index contributed by atoms with van der Waals surface area (Å²) in [6.07, 6.45) is 2.96. The van der Waals surface area contributed by atoms with Crippen LogP contribution in [0.2, 0.25) is 12.6 Å². The summed E-state index contributed by atoms with van der Waals surface area (Å²) in [4.78, 5) is 27.1. The summed E-state index contributed by atoms with van der Waals surface area (Å²) in [7, 11) is 3.40. The van der Waals surface area contributed by atoms with Gasteiger partial charge in [-0.25, -0.2) is 5.26 Å². The van der Waals surface area contributed by atoms with Crippen LogP contribution in [0, 0.1) is 16.6 Å². The molecule has 0 bridgehead atoms. The molecule has 6 nitrogen and oxygen atoms in total. The summed E-state index contributed by atoms with van der Waals surface area (Å²) in [6, 6.07) is 8.14. The number of anilines is 1. The maximum atomic E-state index is 11.9. The molecule has 1 aromatic rings. The zero-order valence-electron chi connectivity index (χ0n) is 16.6. The van der Waals surface area contributed by atoms with E-state index in [1.165, 1.54) is 7.11 Å². The molecule has 144 valence electrons. The Morgan fingerprint density at radius 3 is 2.67 bits per heavy atom. The second-order valence-corrected chi connectivity index (χ2v) is 7.95. The molecule has 0 N–H and O–H groups in total. The number of rotatable bonds is 7. The van der Waals surface area contributed by atoms with Crippen LogP contribution in [-0.4, -0.2) is 57.3 Å². The van der Waals surface area contributed by atoms with Crippen molar-refractivity contribution in [1.29, 1.82) is 5.26 Å². The molecule has 1 amide bonds. The Balaban J connectivity index is 2.02. The molecule has 0 radical (unpaired) electrons. The van der Waals surface area contributed by atoms with Crippen molar-refractivity contribution in [2.24, 2.45) is 5.41 Å². The van der Waals surface area contributed by atoms with E-state index in [2.05, 4.69) is 10.9 Å². The Hall–Kier alpha value is -2.49. The van der Waals surface area contributed by atoms with Crippen LogP contribution < -0.4 is 4.90 Å². The van der Waals surface area contributed by atoms with E-state index in [1.54, 1.807) is 4.90 Å². The van der Waals surface area contributed by atoms with Gasteiger partial charge in [0.2, 0.25) is 6.41 Å². The Labute approximate surface area is 162 Å².